The van der Waals surface area contributed by atoms with Gasteiger partial charge in [-0.3, -0.25) is 4.79 Å². The van der Waals surface area contributed by atoms with E-state index in [1.807, 2.05) is 23.8 Å². The van der Waals surface area contributed by atoms with Crippen LogP contribution in [0.3, 0.4) is 0 Å². The lowest BCUT2D eigenvalue weighted by atomic mass is 10.0. The molecule has 2 heterocycles. The Morgan fingerprint density at radius 3 is 2.84 bits per heavy atom. The molecule has 0 saturated heterocycles. The molecular weight excluding hydrogens is 340 g/mol. The minimum Gasteiger partial charge on any atom is -0.508 e. The third kappa shape index (κ3) is 4.09. The summed E-state index contributed by atoms with van der Waals surface area (Å²) in [5.74, 6) is -0.231. The van der Waals surface area contributed by atoms with E-state index in [9.17, 15) is 14.7 Å². The van der Waals surface area contributed by atoms with Gasteiger partial charge < -0.3 is 14.3 Å². The molecule has 0 saturated carbocycles. The summed E-state index contributed by atoms with van der Waals surface area (Å²) in [6.07, 6.45) is 1.56. The van der Waals surface area contributed by atoms with E-state index in [1.165, 1.54) is 12.1 Å². The minimum absolute atomic E-state index is 0.00149. The van der Waals surface area contributed by atoms with Crippen molar-refractivity contribution in [2.75, 3.05) is 0 Å². The highest BCUT2D eigenvalue weighted by Gasteiger charge is 2.12. The van der Waals surface area contributed by atoms with Crippen LogP contribution in [0.1, 0.15) is 30.0 Å². The van der Waals surface area contributed by atoms with Crippen LogP contribution < -0.4 is 5.63 Å². The summed E-state index contributed by atoms with van der Waals surface area (Å²) in [4.78, 5) is 23.7. The van der Waals surface area contributed by atoms with Crippen molar-refractivity contribution in [3.8, 4) is 5.75 Å². The predicted molar refractivity (Wildman–Crippen MR) is 96.0 cm³/mol. The van der Waals surface area contributed by atoms with Crippen molar-refractivity contribution in [2.45, 2.75) is 32.8 Å². The number of aromatic hydroxyl groups is 1. The standard InChI is InChI=1S/C19H18O5S/c1-2-13-7-15-14(8-19(22)24-17(15)9-16(13)20)10-23-18(21)4-3-12-5-6-25-11-12/h5-9,11,20H,2-4,10H2,1H3. The number of fused-ring (bicyclic) bond motifs is 1. The molecule has 0 aliphatic rings. The summed E-state index contributed by atoms with van der Waals surface area (Å²) < 4.78 is 10.4. The number of esters is 1. The van der Waals surface area contributed by atoms with E-state index < -0.39 is 5.63 Å². The Kier molecular flexibility index (Phi) is 5.19. The third-order valence-corrected chi connectivity index (χ3v) is 4.73. The Bertz CT molecular complexity index is 940. The van der Waals surface area contributed by atoms with E-state index >= 15 is 0 Å². The van der Waals surface area contributed by atoms with Gasteiger partial charge in [-0.25, -0.2) is 4.79 Å². The van der Waals surface area contributed by atoms with E-state index in [0.29, 0.717) is 23.8 Å². The number of rotatable bonds is 6. The maximum atomic E-state index is 11.9. The molecule has 0 fully saturated rings. The van der Waals surface area contributed by atoms with Crippen molar-refractivity contribution in [2.24, 2.45) is 0 Å². The second-order valence-corrected chi connectivity index (χ2v) is 6.49. The molecule has 0 radical (unpaired) electrons. The summed E-state index contributed by atoms with van der Waals surface area (Å²) in [5.41, 5.74) is 2.17. The summed E-state index contributed by atoms with van der Waals surface area (Å²) in [7, 11) is 0. The van der Waals surface area contributed by atoms with Crippen LogP contribution in [0.25, 0.3) is 11.0 Å². The largest absolute Gasteiger partial charge is 0.508 e. The van der Waals surface area contributed by atoms with Crippen molar-refractivity contribution in [3.63, 3.8) is 0 Å². The number of benzene rings is 1. The number of hydrogen-bond acceptors (Lipinski definition) is 6. The molecule has 1 N–H and O–H groups in total. The lowest BCUT2D eigenvalue weighted by Crippen LogP contribution is -2.08. The first-order valence-electron chi connectivity index (χ1n) is 8.02. The monoisotopic (exact) mass is 358 g/mol. The third-order valence-electron chi connectivity index (χ3n) is 4.00. The fourth-order valence-electron chi connectivity index (χ4n) is 2.62. The molecular formula is C19H18O5S. The SMILES string of the molecule is CCc1cc2c(COC(=O)CCc3ccsc3)cc(=O)oc2cc1O. The number of carbonyl (C=O) groups is 1. The van der Waals surface area contributed by atoms with Gasteiger partial charge in [-0.05, 0) is 46.9 Å². The molecule has 0 atom stereocenters. The fourth-order valence-corrected chi connectivity index (χ4v) is 3.32. The summed E-state index contributed by atoms with van der Waals surface area (Å²) >= 11 is 1.59. The first-order chi connectivity index (χ1) is 12.1. The predicted octanol–water partition coefficient (Wildman–Crippen LogP) is 3.80. The van der Waals surface area contributed by atoms with Crippen molar-refractivity contribution >= 4 is 28.3 Å². The molecule has 25 heavy (non-hydrogen) atoms. The zero-order valence-electron chi connectivity index (χ0n) is 13.8. The topological polar surface area (TPSA) is 76.7 Å². The van der Waals surface area contributed by atoms with Crippen LogP contribution in [0.5, 0.6) is 5.75 Å². The van der Waals surface area contributed by atoms with E-state index in [-0.39, 0.29) is 30.3 Å². The van der Waals surface area contributed by atoms with Gasteiger partial charge in [0.25, 0.3) is 0 Å². The number of phenolic OH excluding ortho intramolecular Hbond substituents is 1. The van der Waals surface area contributed by atoms with Crippen LogP contribution in [0.4, 0.5) is 0 Å². The highest BCUT2D eigenvalue weighted by Crippen LogP contribution is 2.27. The van der Waals surface area contributed by atoms with Crippen LogP contribution >= 0.6 is 11.3 Å². The lowest BCUT2D eigenvalue weighted by Gasteiger charge is -2.09. The first-order valence-corrected chi connectivity index (χ1v) is 8.96. The van der Waals surface area contributed by atoms with Gasteiger partial charge in [0.15, 0.2) is 0 Å². The second kappa shape index (κ2) is 7.53. The number of aryl methyl sites for hydroxylation is 2. The minimum atomic E-state index is -0.541. The van der Waals surface area contributed by atoms with Crippen molar-refractivity contribution in [3.05, 3.63) is 62.1 Å². The Morgan fingerprint density at radius 1 is 1.28 bits per heavy atom. The Morgan fingerprint density at radius 2 is 2.12 bits per heavy atom. The van der Waals surface area contributed by atoms with E-state index in [2.05, 4.69) is 0 Å². The molecule has 3 rings (SSSR count). The number of phenols is 1. The highest BCUT2D eigenvalue weighted by atomic mass is 32.1. The summed E-state index contributed by atoms with van der Waals surface area (Å²) in [5, 5.41) is 14.6. The Hall–Kier alpha value is -2.60. The first kappa shape index (κ1) is 17.2. The van der Waals surface area contributed by atoms with Crippen molar-refractivity contribution < 1.29 is 19.1 Å². The van der Waals surface area contributed by atoms with Gasteiger partial charge in [0.05, 0.1) is 0 Å². The van der Waals surface area contributed by atoms with Crippen LogP contribution in [0, 0.1) is 0 Å². The normalized spacial score (nSPS) is 10.9. The zero-order valence-corrected chi connectivity index (χ0v) is 14.6. The molecule has 0 spiro atoms. The highest BCUT2D eigenvalue weighted by molar-refractivity contribution is 7.07. The molecule has 0 bridgehead atoms. The number of ether oxygens (including phenoxy) is 1. The van der Waals surface area contributed by atoms with Gasteiger partial charge in [0.2, 0.25) is 0 Å². The van der Waals surface area contributed by atoms with Crippen molar-refractivity contribution in [1.82, 2.24) is 0 Å². The lowest BCUT2D eigenvalue weighted by molar-refractivity contribution is -0.144. The average Bonchev–Trinajstić information content (AvgIpc) is 3.10. The fraction of sp³-hybridized carbons (Fsp3) is 0.263. The molecule has 2 aromatic heterocycles. The van der Waals surface area contributed by atoms with Gasteiger partial charge in [0, 0.05) is 29.5 Å². The smallest absolute Gasteiger partial charge is 0.336 e. The van der Waals surface area contributed by atoms with Crippen LogP contribution in [-0.2, 0) is 29.0 Å². The molecule has 0 amide bonds. The Balaban J connectivity index is 1.76. The maximum Gasteiger partial charge on any atom is 0.336 e. The van der Waals surface area contributed by atoms with Crippen LogP contribution in [-0.4, -0.2) is 11.1 Å². The molecule has 0 aliphatic carbocycles. The van der Waals surface area contributed by atoms with Gasteiger partial charge in [0.1, 0.15) is 17.9 Å². The van der Waals surface area contributed by atoms with E-state index in [0.717, 1.165) is 11.1 Å². The maximum absolute atomic E-state index is 11.9. The Labute approximate surface area is 148 Å². The summed E-state index contributed by atoms with van der Waals surface area (Å²) in [6.45, 7) is 1.92. The molecule has 3 aromatic rings. The van der Waals surface area contributed by atoms with E-state index in [1.54, 1.807) is 17.4 Å². The van der Waals surface area contributed by atoms with Crippen LogP contribution in [0.2, 0.25) is 0 Å². The van der Waals surface area contributed by atoms with Crippen LogP contribution in [0.15, 0.2) is 44.2 Å². The molecule has 6 heteroatoms. The van der Waals surface area contributed by atoms with Gasteiger partial charge >= 0.3 is 11.6 Å². The number of hydrogen-bond donors (Lipinski definition) is 1. The van der Waals surface area contributed by atoms with Gasteiger partial charge in [-0.2, -0.15) is 11.3 Å². The van der Waals surface area contributed by atoms with Crippen molar-refractivity contribution in [1.29, 1.82) is 0 Å². The average molecular weight is 358 g/mol. The number of thiophene rings is 1. The van der Waals surface area contributed by atoms with Gasteiger partial charge in [-0.1, -0.05) is 6.92 Å². The molecule has 1 aromatic carbocycles. The van der Waals surface area contributed by atoms with Gasteiger partial charge in [-0.15, -0.1) is 0 Å². The molecule has 5 nitrogen and oxygen atoms in total. The second-order valence-electron chi connectivity index (χ2n) is 5.71. The number of carbonyl (C=O) groups excluding carboxylic acids is 1. The summed E-state index contributed by atoms with van der Waals surface area (Å²) in [6, 6.07) is 6.50. The zero-order chi connectivity index (χ0) is 17.8. The van der Waals surface area contributed by atoms with E-state index in [4.69, 9.17) is 9.15 Å². The molecule has 0 aliphatic heterocycles. The molecule has 0 unspecified atom stereocenters. The molecule has 130 valence electrons. The quantitative estimate of drug-likeness (QED) is 0.536.